The summed E-state index contributed by atoms with van der Waals surface area (Å²) in [5.41, 5.74) is 0.548. The summed E-state index contributed by atoms with van der Waals surface area (Å²) < 4.78 is 15.3. The van der Waals surface area contributed by atoms with E-state index in [0.717, 1.165) is 31.7 Å². The summed E-state index contributed by atoms with van der Waals surface area (Å²) in [7, 11) is 0. The number of halogens is 2. The molecule has 148 valence electrons. The number of ketones is 1. The number of aromatic nitrogens is 2. The molecule has 8 heteroatoms. The Bertz CT molecular complexity index is 1060. The zero-order valence-corrected chi connectivity index (χ0v) is 16.2. The van der Waals surface area contributed by atoms with E-state index in [4.69, 9.17) is 11.6 Å². The van der Waals surface area contributed by atoms with E-state index >= 15 is 0 Å². The predicted molar refractivity (Wildman–Crippen MR) is 109 cm³/mol. The van der Waals surface area contributed by atoms with E-state index < -0.39 is 17.6 Å². The highest BCUT2D eigenvalue weighted by Gasteiger charge is 2.21. The van der Waals surface area contributed by atoms with E-state index in [0.29, 0.717) is 5.69 Å². The highest BCUT2D eigenvalue weighted by atomic mass is 35.5. The van der Waals surface area contributed by atoms with Crippen molar-refractivity contribution in [3.05, 3.63) is 77.0 Å². The third-order valence-corrected chi connectivity index (χ3v) is 5.13. The summed E-state index contributed by atoms with van der Waals surface area (Å²) in [6.07, 6.45) is 6.67. The highest BCUT2D eigenvalue weighted by molar-refractivity contribution is 6.35. The molecule has 6 nitrogen and oxygen atoms in total. The number of pyridine rings is 1. The molecule has 1 saturated heterocycles. The average molecular weight is 413 g/mol. The molecular weight excluding hydrogens is 395 g/mol. The number of benzene rings is 1. The molecule has 2 aromatic heterocycles. The lowest BCUT2D eigenvalue weighted by atomic mass is 10.1. The second-order valence-electron chi connectivity index (χ2n) is 6.73. The first-order valence-electron chi connectivity index (χ1n) is 9.22. The minimum Gasteiger partial charge on any atom is -0.355 e. The summed E-state index contributed by atoms with van der Waals surface area (Å²) in [5, 5.41) is 2.85. The minimum atomic E-state index is -0.703. The minimum absolute atomic E-state index is 0.0258. The number of rotatable bonds is 4. The number of carbonyl (C=O) groups excluding carboxylic acids is 2. The van der Waals surface area contributed by atoms with Gasteiger partial charge in [0.05, 0.1) is 16.3 Å². The van der Waals surface area contributed by atoms with Gasteiger partial charge in [-0.15, -0.1) is 0 Å². The van der Waals surface area contributed by atoms with Gasteiger partial charge in [-0.2, -0.15) is 0 Å². The Morgan fingerprint density at radius 1 is 1.10 bits per heavy atom. The van der Waals surface area contributed by atoms with Gasteiger partial charge in [-0.1, -0.05) is 17.7 Å². The third-order valence-electron chi connectivity index (χ3n) is 4.81. The Balaban J connectivity index is 1.55. The molecule has 0 radical (unpaired) electrons. The number of hydrogen-bond acceptors (Lipinski definition) is 4. The number of nitrogens with one attached hydrogen (secondary N) is 1. The lowest BCUT2D eigenvalue weighted by Gasteiger charge is -2.19. The molecule has 3 aromatic rings. The van der Waals surface area contributed by atoms with Gasteiger partial charge in [-0.05, 0) is 43.2 Å². The Kier molecular flexibility index (Phi) is 5.31. The first-order valence-corrected chi connectivity index (χ1v) is 9.60. The summed E-state index contributed by atoms with van der Waals surface area (Å²) in [4.78, 5) is 31.8. The monoisotopic (exact) mass is 412 g/mol. The maximum atomic E-state index is 14.0. The zero-order valence-electron chi connectivity index (χ0n) is 15.4. The van der Waals surface area contributed by atoms with Crippen molar-refractivity contribution in [3.8, 4) is 0 Å². The molecule has 0 atom stereocenters. The van der Waals surface area contributed by atoms with Gasteiger partial charge in [0.25, 0.3) is 0 Å². The fourth-order valence-electron chi connectivity index (χ4n) is 3.37. The molecule has 1 aliphatic heterocycles. The fraction of sp³-hybridized carbons (Fsp3) is 0.190. The number of hydrogen-bond donors (Lipinski definition) is 1. The van der Waals surface area contributed by atoms with Crippen LogP contribution in [0, 0.1) is 5.82 Å². The zero-order chi connectivity index (χ0) is 20.4. The van der Waals surface area contributed by atoms with Crippen LogP contribution in [-0.2, 0) is 0 Å². The molecule has 1 amide bonds. The lowest BCUT2D eigenvalue weighted by Crippen LogP contribution is -2.24. The molecule has 1 N–H and O–H groups in total. The first kappa shape index (κ1) is 19.1. The van der Waals surface area contributed by atoms with Crippen LogP contribution in [0.2, 0.25) is 5.02 Å². The van der Waals surface area contributed by atoms with Crippen molar-refractivity contribution in [3.63, 3.8) is 0 Å². The molecule has 1 aromatic carbocycles. The van der Waals surface area contributed by atoms with E-state index in [1.54, 1.807) is 18.3 Å². The topological polar surface area (TPSA) is 67.2 Å². The Labute approximate surface area is 171 Å². The fourth-order valence-corrected chi connectivity index (χ4v) is 3.62. The molecule has 0 spiro atoms. The van der Waals surface area contributed by atoms with Crippen LogP contribution in [0.5, 0.6) is 0 Å². The standard InChI is InChI=1S/C21H18ClFN4O2/c22-15-5-3-6-16(23)18(15)19(28)14-8-12-27(13-14)21(29)25-17-7-4-9-24-20(17)26-10-1-2-11-26/h3-9,12-13H,1-2,10-11H2,(H,25,29). The Hall–Kier alpha value is -3.19. The van der Waals surface area contributed by atoms with Crippen molar-refractivity contribution in [2.45, 2.75) is 12.8 Å². The van der Waals surface area contributed by atoms with Gasteiger partial charge in [0.1, 0.15) is 5.82 Å². The highest BCUT2D eigenvalue weighted by Crippen LogP contribution is 2.26. The largest absolute Gasteiger partial charge is 0.355 e. The van der Waals surface area contributed by atoms with Gasteiger partial charge >= 0.3 is 6.03 Å². The summed E-state index contributed by atoms with van der Waals surface area (Å²) in [6.45, 7) is 1.79. The lowest BCUT2D eigenvalue weighted by molar-refractivity contribution is 0.103. The third kappa shape index (κ3) is 3.86. The van der Waals surface area contributed by atoms with Crippen LogP contribution >= 0.6 is 11.6 Å². The van der Waals surface area contributed by atoms with Crippen LogP contribution in [0.4, 0.5) is 20.7 Å². The van der Waals surface area contributed by atoms with Gasteiger partial charge in [-0.25, -0.2) is 14.2 Å². The molecule has 3 heterocycles. The van der Waals surface area contributed by atoms with Crippen molar-refractivity contribution >= 4 is 34.9 Å². The quantitative estimate of drug-likeness (QED) is 0.636. The molecule has 1 aliphatic rings. The maximum Gasteiger partial charge on any atom is 0.330 e. The van der Waals surface area contributed by atoms with Crippen molar-refractivity contribution in [2.24, 2.45) is 0 Å². The van der Waals surface area contributed by atoms with Gasteiger partial charge in [-0.3, -0.25) is 9.36 Å². The maximum absolute atomic E-state index is 14.0. The van der Waals surface area contributed by atoms with Gasteiger partial charge in [0.2, 0.25) is 0 Å². The Morgan fingerprint density at radius 2 is 1.90 bits per heavy atom. The molecule has 4 rings (SSSR count). The molecule has 29 heavy (non-hydrogen) atoms. The smallest absolute Gasteiger partial charge is 0.330 e. The summed E-state index contributed by atoms with van der Waals surface area (Å²) >= 11 is 5.97. The van der Waals surface area contributed by atoms with E-state index in [2.05, 4.69) is 15.2 Å². The number of nitrogens with zero attached hydrogens (tertiary/aromatic N) is 3. The number of anilines is 2. The molecule has 0 saturated carbocycles. The Morgan fingerprint density at radius 3 is 2.66 bits per heavy atom. The van der Waals surface area contributed by atoms with Crippen LogP contribution in [0.25, 0.3) is 0 Å². The van der Waals surface area contributed by atoms with Crippen LogP contribution in [0.3, 0.4) is 0 Å². The van der Waals surface area contributed by atoms with E-state index in [9.17, 15) is 14.0 Å². The SMILES string of the molecule is O=C(c1ccn(C(=O)Nc2cccnc2N2CCCC2)c1)c1c(F)cccc1Cl. The number of amides is 1. The molecule has 0 unspecified atom stereocenters. The average Bonchev–Trinajstić information content (AvgIpc) is 3.40. The van der Waals surface area contributed by atoms with E-state index in [1.165, 1.54) is 41.2 Å². The van der Waals surface area contributed by atoms with Crippen molar-refractivity contribution in [1.29, 1.82) is 0 Å². The summed E-state index contributed by atoms with van der Waals surface area (Å²) in [6, 6.07) is 8.59. The van der Waals surface area contributed by atoms with Crippen LogP contribution in [-0.4, -0.2) is 34.5 Å². The van der Waals surface area contributed by atoms with E-state index in [-0.39, 0.29) is 16.1 Å². The van der Waals surface area contributed by atoms with Gasteiger partial charge < -0.3 is 10.2 Å². The first-order chi connectivity index (χ1) is 14.0. The normalized spacial score (nSPS) is 13.5. The second kappa shape index (κ2) is 8.05. The van der Waals surface area contributed by atoms with Crippen molar-refractivity contribution in [1.82, 2.24) is 9.55 Å². The predicted octanol–water partition coefficient (Wildman–Crippen LogP) is 4.59. The molecule has 0 aliphatic carbocycles. The van der Waals surface area contributed by atoms with Crippen molar-refractivity contribution in [2.75, 3.05) is 23.3 Å². The van der Waals surface area contributed by atoms with Gasteiger partial charge in [0.15, 0.2) is 11.6 Å². The van der Waals surface area contributed by atoms with Crippen LogP contribution in [0.15, 0.2) is 55.0 Å². The van der Waals surface area contributed by atoms with Crippen LogP contribution in [0.1, 0.15) is 28.8 Å². The molecular formula is C21H18ClFN4O2. The molecule has 0 bridgehead atoms. The summed E-state index contributed by atoms with van der Waals surface area (Å²) in [5.74, 6) is -0.566. The van der Waals surface area contributed by atoms with Crippen molar-refractivity contribution < 1.29 is 14.0 Å². The molecule has 1 fully saturated rings. The van der Waals surface area contributed by atoms with Gasteiger partial charge in [0, 0.05) is 37.2 Å². The van der Waals surface area contributed by atoms with Crippen LogP contribution < -0.4 is 10.2 Å². The van der Waals surface area contributed by atoms with E-state index in [1.807, 2.05) is 0 Å². The number of carbonyl (C=O) groups is 2. The second-order valence-corrected chi connectivity index (χ2v) is 7.14.